The average Bonchev–Trinajstić information content (AvgIpc) is 2.41. The maximum absolute atomic E-state index is 14.0. The van der Waals surface area contributed by atoms with E-state index in [4.69, 9.17) is 11.1 Å². The Morgan fingerprint density at radius 3 is 2.68 bits per heavy atom. The molecule has 0 saturated heterocycles. The average molecular weight is 259 g/mol. The second kappa shape index (κ2) is 5.01. The van der Waals surface area contributed by atoms with E-state index in [9.17, 15) is 4.39 Å². The Morgan fingerprint density at radius 2 is 2.00 bits per heavy atom. The van der Waals surface area contributed by atoms with Crippen LogP contribution in [0.2, 0.25) is 0 Å². The zero-order valence-corrected chi connectivity index (χ0v) is 10.7. The van der Waals surface area contributed by atoms with Crippen molar-refractivity contribution in [3.8, 4) is 0 Å². The van der Waals surface area contributed by atoms with Crippen molar-refractivity contribution in [3.63, 3.8) is 0 Å². The molecule has 0 radical (unpaired) electrons. The first kappa shape index (κ1) is 12.9. The fourth-order valence-corrected chi connectivity index (χ4v) is 1.79. The molecule has 0 aliphatic carbocycles. The summed E-state index contributed by atoms with van der Waals surface area (Å²) in [5.41, 5.74) is 6.95. The van der Waals surface area contributed by atoms with Gasteiger partial charge in [0.25, 0.3) is 0 Å². The Labute approximate surface area is 110 Å². The fraction of sp³-hybridized carbons (Fsp3) is 0.154. The third kappa shape index (κ3) is 2.37. The van der Waals surface area contributed by atoms with E-state index in [2.05, 4.69) is 9.97 Å². The number of hydrogen-bond donors (Lipinski definition) is 2. The van der Waals surface area contributed by atoms with E-state index in [0.29, 0.717) is 11.3 Å². The molecule has 5 nitrogen and oxygen atoms in total. The molecule has 0 unspecified atom stereocenters. The lowest BCUT2D eigenvalue weighted by Gasteiger charge is -2.21. The third-order valence-electron chi connectivity index (χ3n) is 2.82. The predicted octanol–water partition coefficient (Wildman–Crippen LogP) is 1.98. The maximum Gasteiger partial charge on any atom is 0.187 e. The summed E-state index contributed by atoms with van der Waals surface area (Å²) in [4.78, 5) is 9.29. The highest BCUT2D eigenvalue weighted by Gasteiger charge is 2.16. The van der Waals surface area contributed by atoms with Crippen molar-refractivity contribution < 1.29 is 4.39 Å². The molecule has 0 saturated carbocycles. The van der Waals surface area contributed by atoms with Gasteiger partial charge in [0.2, 0.25) is 0 Å². The minimum Gasteiger partial charge on any atom is -0.384 e. The van der Waals surface area contributed by atoms with E-state index in [-0.39, 0.29) is 17.3 Å². The zero-order chi connectivity index (χ0) is 14.0. The molecule has 1 heterocycles. The van der Waals surface area contributed by atoms with Crippen LogP contribution in [0, 0.1) is 18.2 Å². The van der Waals surface area contributed by atoms with Gasteiger partial charge in [-0.25, -0.2) is 14.4 Å². The minimum absolute atomic E-state index is 0.0753. The third-order valence-corrected chi connectivity index (χ3v) is 2.82. The van der Waals surface area contributed by atoms with Gasteiger partial charge in [0.05, 0.1) is 11.4 Å². The van der Waals surface area contributed by atoms with Crippen LogP contribution >= 0.6 is 0 Å². The summed E-state index contributed by atoms with van der Waals surface area (Å²) in [5.74, 6) is -0.404. The highest BCUT2D eigenvalue weighted by Crippen LogP contribution is 2.27. The summed E-state index contributed by atoms with van der Waals surface area (Å²) in [6.07, 6.45) is 1.31. The van der Waals surface area contributed by atoms with Crippen LogP contribution < -0.4 is 10.6 Å². The van der Waals surface area contributed by atoms with Crippen LogP contribution in [0.5, 0.6) is 0 Å². The Balaban J connectivity index is 2.53. The van der Waals surface area contributed by atoms with Gasteiger partial charge in [0.15, 0.2) is 11.6 Å². The smallest absolute Gasteiger partial charge is 0.187 e. The number of aromatic nitrogens is 2. The molecule has 2 rings (SSSR count). The van der Waals surface area contributed by atoms with Crippen molar-refractivity contribution >= 4 is 17.3 Å². The Kier molecular flexibility index (Phi) is 3.41. The van der Waals surface area contributed by atoms with Crippen LogP contribution in [0.25, 0.3) is 0 Å². The molecular weight excluding hydrogens is 245 g/mol. The lowest BCUT2D eigenvalue weighted by Crippen LogP contribution is -2.20. The number of amidine groups is 1. The quantitative estimate of drug-likeness (QED) is 0.652. The van der Waals surface area contributed by atoms with Crippen LogP contribution in [0.4, 0.5) is 15.9 Å². The first-order chi connectivity index (χ1) is 9.02. The number of nitrogens with two attached hydrogens (primary N) is 1. The van der Waals surface area contributed by atoms with Crippen molar-refractivity contribution in [3.05, 3.63) is 47.7 Å². The normalized spacial score (nSPS) is 10.3. The Hall–Kier alpha value is -2.50. The number of nitrogen functional groups attached to an aromatic ring is 1. The molecule has 0 fully saturated rings. The molecule has 3 N–H and O–H groups in total. The number of benzene rings is 1. The number of nitrogens with zero attached hydrogens (tertiary/aromatic N) is 3. The molecule has 2 aromatic rings. The summed E-state index contributed by atoms with van der Waals surface area (Å²) >= 11 is 0. The van der Waals surface area contributed by atoms with E-state index in [0.717, 1.165) is 0 Å². The van der Waals surface area contributed by atoms with E-state index in [1.165, 1.54) is 6.33 Å². The van der Waals surface area contributed by atoms with E-state index in [1.54, 1.807) is 43.1 Å². The first-order valence-electron chi connectivity index (χ1n) is 5.66. The van der Waals surface area contributed by atoms with Gasteiger partial charge in [-0.15, -0.1) is 0 Å². The lowest BCUT2D eigenvalue weighted by atomic mass is 10.1. The Morgan fingerprint density at radius 1 is 1.32 bits per heavy atom. The number of aryl methyl sites for hydroxylation is 1. The second-order valence-corrected chi connectivity index (χ2v) is 4.09. The van der Waals surface area contributed by atoms with Crippen molar-refractivity contribution in [1.82, 2.24) is 9.97 Å². The van der Waals surface area contributed by atoms with E-state index < -0.39 is 5.82 Å². The van der Waals surface area contributed by atoms with E-state index in [1.807, 2.05) is 0 Å². The van der Waals surface area contributed by atoms with Crippen LogP contribution in [0.3, 0.4) is 0 Å². The van der Waals surface area contributed by atoms with Gasteiger partial charge in [-0.3, -0.25) is 5.41 Å². The van der Waals surface area contributed by atoms with Crippen LogP contribution in [0.15, 0.2) is 30.6 Å². The topological polar surface area (TPSA) is 78.9 Å². The van der Waals surface area contributed by atoms with Gasteiger partial charge >= 0.3 is 0 Å². The van der Waals surface area contributed by atoms with Crippen LogP contribution in [-0.2, 0) is 0 Å². The van der Waals surface area contributed by atoms with Crippen molar-refractivity contribution in [2.45, 2.75) is 6.92 Å². The Bertz CT molecular complexity index is 626. The van der Waals surface area contributed by atoms with Gasteiger partial charge in [-0.05, 0) is 19.1 Å². The van der Waals surface area contributed by atoms with Gasteiger partial charge < -0.3 is 10.6 Å². The molecule has 0 aliphatic heterocycles. The molecule has 19 heavy (non-hydrogen) atoms. The second-order valence-electron chi connectivity index (χ2n) is 4.09. The van der Waals surface area contributed by atoms with E-state index >= 15 is 0 Å². The summed E-state index contributed by atoms with van der Waals surface area (Å²) in [6, 6.07) is 7.04. The standard InChI is InChI=1S/C13H14FN5/c1-8-11(14)13(18-7-17-8)19(2)10-6-4-3-5-9(10)12(15)16/h3-7H,1-2H3,(H3,15,16). The molecular formula is C13H14FN5. The number of halogens is 1. The van der Waals surface area contributed by atoms with Crippen molar-refractivity contribution in [1.29, 1.82) is 5.41 Å². The van der Waals surface area contributed by atoms with Crippen molar-refractivity contribution in [2.75, 3.05) is 11.9 Å². The molecule has 0 aliphatic rings. The predicted molar refractivity (Wildman–Crippen MR) is 72.2 cm³/mol. The molecule has 1 aromatic carbocycles. The molecule has 0 amide bonds. The first-order valence-corrected chi connectivity index (χ1v) is 5.66. The largest absolute Gasteiger partial charge is 0.384 e. The summed E-state index contributed by atoms with van der Waals surface area (Å²) in [6.45, 7) is 1.57. The molecule has 98 valence electrons. The van der Waals surface area contributed by atoms with Gasteiger partial charge in [0, 0.05) is 12.6 Å². The number of anilines is 2. The van der Waals surface area contributed by atoms with Gasteiger partial charge in [-0.2, -0.15) is 0 Å². The van der Waals surface area contributed by atoms with Crippen molar-refractivity contribution in [2.24, 2.45) is 5.73 Å². The lowest BCUT2D eigenvalue weighted by molar-refractivity contribution is 0.601. The van der Waals surface area contributed by atoms with Crippen LogP contribution in [-0.4, -0.2) is 22.9 Å². The SMILES string of the molecule is Cc1ncnc(N(C)c2ccccc2C(=N)N)c1F. The number of para-hydroxylation sites is 1. The molecule has 0 spiro atoms. The zero-order valence-electron chi connectivity index (χ0n) is 10.7. The highest BCUT2D eigenvalue weighted by atomic mass is 19.1. The summed E-state index contributed by atoms with van der Waals surface area (Å²) in [7, 11) is 1.67. The molecule has 0 atom stereocenters. The number of nitrogens with one attached hydrogen (secondary N) is 1. The van der Waals surface area contributed by atoms with Gasteiger partial charge in [-0.1, -0.05) is 12.1 Å². The monoisotopic (exact) mass is 259 g/mol. The maximum atomic E-state index is 14.0. The summed E-state index contributed by atoms with van der Waals surface area (Å²) in [5, 5.41) is 7.55. The highest BCUT2D eigenvalue weighted by molar-refractivity contribution is 6.01. The number of hydrogen-bond acceptors (Lipinski definition) is 4. The summed E-state index contributed by atoms with van der Waals surface area (Å²) < 4.78 is 14.0. The fourth-order valence-electron chi connectivity index (χ4n) is 1.79. The minimum atomic E-state index is -0.483. The molecule has 1 aromatic heterocycles. The molecule has 6 heteroatoms. The molecule has 0 bridgehead atoms. The number of rotatable bonds is 3. The van der Waals surface area contributed by atoms with Crippen LogP contribution in [0.1, 0.15) is 11.3 Å². The van der Waals surface area contributed by atoms with Gasteiger partial charge in [0.1, 0.15) is 12.2 Å².